The van der Waals surface area contributed by atoms with E-state index in [-0.39, 0.29) is 0 Å². The number of aromatic nitrogens is 3. The summed E-state index contributed by atoms with van der Waals surface area (Å²) in [6, 6.07) is 80.8. The number of pyridine rings is 1. The average Bonchev–Trinajstić information content (AvgIpc) is 3.90. The lowest BCUT2D eigenvalue weighted by atomic mass is 9.95. The van der Waals surface area contributed by atoms with Crippen molar-refractivity contribution in [2.45, 2.75) is 0 Å². The Hall–Kier alpha value is -9.29. The summed E-state index contributed by atoms with van der Waals surface area (Å²) in [5, 5.41) is 25.5. The highest BCUT2D eigenvalue weighted by Gasteiger charge is 2.23. The number of hydrogen-bond donors (Lipinski definition) is 0. The van der Waals surface area contributed by atoms with E-state index < -0.39 is 0 Å². The van der Waals surface area contributed by atoms with Gasteiger partial charge in [0.2, 0.25) is 0 Å². The number of nitriles is 2. The van der Waals surface area contributed by atoms with Crippen molar-refractivity contribution in [3.05, 3.63) is 236 Å². The summed E-state index contributed by atoms with van der Waals surface area (Å²) >= 11 is 0. The van der Waals surface area contributed by atoms with Crippen LogP contribution in [0.1, 0.15) is 11.1 Å². The number of fused-ring (bicyclic) bond motifs is 6. The van der Waals surface area contributed by atoms with Gasteiger partial charge < -0.3 is 4.57 Å². The molecule has 0 fully saturated rings. The summed E-state index contributed by atoms with van der Waals surface area (Å²) < 4.78 is 4.50. The van der Waals surface area contributed by atoms with Gasteiger partial charge in [0.15, 0.2) is 0 Å². The Morgan fingerprint density at radius 1 is 0.333 bits per heavy atom. The molecule has 0 saturated carbocycles. The molecular formula is C61H37N5. The summed E-state index contributed by atoms with van der Waals surface area (Å²) in [6.45, 7) is 0. The van der Waals surface area contributed by atoms with E-state index in [1.165, 1.54) is 0 Å². The quantitative estimate of drug-likeness (QED) is 0.160. The standard InChI is InChI=1S/C61H37N5/c62-37-48-22-13-23-49(55(48)38-63)54-36-61(66-58-30-26-46(42-18-9-3-10-19-42)34-52(58)53-35-47(27-31-59(53)66)43-20-11-4-12-21-43)64-39-60(54)65-56-28-24-44(40-14-5-1-6-15-40)32-50(56)51-33-45(25-29-57(51)65)41-16-7-2-8-17-41/h1-36,39H. The molecule has 0 saturated heterocycles. The van der Waals surface area contributed by atoms with Gasteiger partial charge in [-0.25, -0.2) is 4.98 Å². The van der Waals surface area contributed by atoms with Gasteiger partial charge in [-0.2, -0.15) is 10.5 Å². The maximum absolute atomic E-state index is 10.8. The van der Waals surface area contributed by atoms with Gasteiger partial charge >= 0.3 is 0 Å². The van der Waals surface area contributed by atoms with Crippen molar-refractivity contribution in [3.8, 4) is 79.3 Å². The molecule has 3 aromatic heterocycles. The minimum absolute atomic E-state index is 0.319. The van der Waals surface area contributed by atoms with Crippen LogP contribution in [0.15, 0.2) is 225 Å². The third-order valence-electron chi connectivity index (χ3n) is 12.9. The first-order valence-electron chi connectivity index (χ1n) is 22.0. The highest BCUT2D eigenvalue weighted by Crippen LogP contribution is 2.43. The zero-order valence-corrected chi connectivity index (χ0v) is 35.6. The average molecular weight is 840 g/mol. The van der Waals surface area contributed by atoms with Crippen LogP contribution < -0.4 is 0 Å². The number of benzene rings is 9. The smallest absolute Gasteiger partial charge is 0.138 e. The van der Waals surface area contributed by atoms with Gasteiger partial charge in [0.1, 0.15) is 18.0 Å². The fraction of sp³-hybridized carbons (Fsp3) is 0. The summed E-state index contributed by atoms with van der Waals surface area (Å²) in [4.78, 5) is 5.36. The lowest BCUT2D eigenvalue weighted by Crippen LogP contribution is -2.04. The number of rotatable bonds is 7. The first-order chi connectivity index (χ1) is 32.6. The molecule has 5 nitrogen and oxygen atoms in total. The molecule has 0 aliphatic carbocycles. The summed E-state index contributed by atoms with van der Waals surface area (Å²) in [5.74, 6) is 0.693. The van der Waals surface area contributed by atoms with Crippen molar-refractivity contribution in [2.75, 3.05) is 0 Å². The molecule has 5 heteroatoms. The van der Waals surface area contributed by atoms with E-state index in [2.05, 4.69) is 197 Å². The zero-order valence-electron chi connectivity index (χ0n) is 35.6. The highest BCUT2D eigenvalue weighted by atomic mass is 15.1. The fourth-order valence-electron chi connectivity index (χ4n) is 9.74. The van der Waals surface area contributed by atoms with Crippen molar-refractivity contribution in [1.82, 2.24) is 14.1 Å². The zero-order chi connectivity index (χ0) is 44.1. The Labute approximate surface area is 381 Å². The fourth-order valence-corrected chi connectivity index (χ4v) is 9.74. The minimum Gasteiger partial charge on any atom is -0.307 e. The molecule has 0 N–H and O–H groups in total. The van der Waals surface area contributed by atoms with Gasteiger partial charge in [-0.15, -0.1) is 0 Å². The molecule has 0 bridgehead atoms. The maximum Gasteiger partial charge on any atom is 0.138 e. The molecular weight excluding hydrogens is 803 g/mol. The Bertz CT molecular complexity index is 3730. The Morgan fingerprint density at radius 2 is 0.727 bits per heavy atom. The molecule has 3 heterocycles. The molecule has 0 unspecified atom stereocenters. The van der Waals surface area contributed by atoms with E-state index >= 15 is 0 Å². The van der Waals surface area contributed by atoms with Gasteiger partial charge in [0, 0.05) is 32.7 Å². The summed E-state index contributed by atoms with van der Waals surface area (Å²) in [6.07, 6.45) is 1.94. The Morgan fingerprint density at radius 3 is 1.11 bits per heavy atom. The molecule has 0 spiro atoms. The number of hydrogen-bond acceptors (Lipinski definition) is 3. The monoisotopic (exact) mass is 839 g/mol. The van der Waals surface area contributed by atoms with Gasteiger partial charge in [-0.1, -0.05) is 158 Å². The second-order valence-corrected chi connectivity index (χ2v) is 16.6. The second kappa shape index (κ2) is 15.8. The lowest BCUT2D eigenvalue weighted by molar-refractivity contribution is 1.06. The van der Waals surface area contributed by atoms with Crippen molar-refractivity contribution in [3.63, 3.8) is 0 Å². The van der Waals surface area contributed by atoms with Crippen molar-refractivity contribution in [1.29, 1.82) is 10.5 Å². The normalized spacial score (nSPS) is 11.3. The van der Waals surface area contributed by atoms with Gasteiger partial charge in [-0.05, 0) is 105 Å². The van der Waals surface area contributed by atoms with Crippen molar-refractivity contribution >= 4 is 43.6 Å². The number of nitrogens with zero attached hydrogens (tertiary/aromatic N) is 5. The van der Waals surface area contributed by atoms with Gasteiger partial charge in [-0.3, -0.25) is 4.57 Å². The lowest BCUT2D eigenvalue weighted by Gasteiger charge is -2.18. The molecule has 12 aromatic rings. The van der Waals surface area contributed by atoms with Crippen molar-refractivity contribution in [2.24, 2.45) is 0 Å². The molecule has 0 radical (unpaired) electrons. The van der Waals surface area contributed by atoms with Crippen molar-refractivity contribution < 1.29 is 0 Å². The summed E-state index contributed by atoms with van der Waals surface area (Å²) in [5.41, 5.74) is 15.9. The Kier molecular flexibility index (Phi) is 9.19. The largest absolute Gasteiger partial charge is 0.307 e. The predicted molar refractivity (Wildman–Crippen MR) is 270 cm³/mol. The topological polar surface area (TPSA) is 70.3 Å². The second-order valence-electron chi connectivity index (χ2n) is 16.6. The highest BCUT2D eigenvalue weighted by molar-refractivity contribution is 6.13. The van der Waals surface area contributed by atoms with Crippen LogP contribution in [0, 0.1) is 22.7 Å². The van der Waals surface area contributed by atoms with Gasteiger partial charge in [0.25, 0.3) is 0 Å². The van der Waals surface area contributed by atoms with Crippen LogP contribution in [-0.2, 0) is 0 Å². The molecule has 306 valence electrons. The van der Waals surface area contributed by atoms with E-state index in [4.69, 9.17) is 4.98 Å². The van der Waals surface area contributed by atoms with Gasteiger partial charge in [0.05, 0.1) is 45.1 Å². The van der Waals surface area contributed by atoms with Crippen LogP contribution in [-0.4, -0.2) is 14.1 Å². The van der Waals surface area contributed by atoms with Crippen LogP contribution >= 0.6 is 0 Å². The third-order valence-corrected chi connectivity index (χ3v) is 12.9. The molecule has 66 heavy (non-hydrogen) atoms. The van der Waals surface area contributed by atoms with Crippen LogP contribution in [0.3, 0.4) is 0 Å². The third kappa shape index (κ3) is 6.35. The van der Waals surface area contributed by atoms with E-state index in [0.29, 0.717) is 22.5 Å². The first kappa shape index (κ1) is 38.4. The molecule has 0 amide bonds. The molecule has 0 atom stereocenters. The first-order valence-corrected chi connectivity index (χ1v) is 22.0. The molecule has 12 rings (SSSR count). The van der Waals surface area contributed by atoms with E-state index in [9.17, 15) is 10.5 Å². The van der Waals surface area contributed by atoms with Crippen LogP contribution in [0.25, 0.3) is 111 Å². The minimum atomic E-state index is 0.319. The van der Waals surface area contributed by atoms with E-state index in [1.54, 1.807) is 6.07 Å². The predicted octanol–water partition coefficient (Wildman–Crippen LogP) is 15.4. The SMILES string of the molecule is N#Cc1cccc(-c2cc(-n3c4ccc(-c5ccccc5)cc4c4cc(-c5ccccc5)ccc43)ncc2-n2c3ccc(-c4ccccc4)cc3c3cc(-c4ccccc4)ccc32)c1C#N. The molecule has 0 aliphatic heterocycles. The maximum atomic E-state index is 10.8. The van der Waals surface area contributed by atoms with Crippen LogP contribution in [0.4, 0.5) is 0 Å². The summed E-state index contributed by atoms with van der Waals surface area (Å²) in [7, 11) is 0. The van der Waals surface area contributed by atoms with Crippen LogP contribution in [0.2, 0.25) is 0 Å². The van der Waals surface area contributed by atoms with Crippen LogP contribution in [0.5, 0.6) is 0 Å². The van der Waals surface area contributed by atoms with E-state index in [1.807, 2.05) is 42.6 Å². The van der Waals surface area contributed by atoms with E-state index in [0.717, 1.165) is 99.4 Å². The molecule has 9 aromatic carbocycles. The molecule has 0 aliphatic rings. The Balaban J connectivity index is 1.15.